The van der Waals surface area contributed by atoms with Gasteiger partial charge in [0.2, 0.25) is 0 Å². The zero-order chi connectivity index (χ0) is 21.1. The smallest absolute Gasteiger partial charge is 0.272 e. The lowest BCUT2D eigenvalue weighted by molar-refractivity contribution is 0.0732. The van der Waals surface area contributed by atoms with Crippen LogP contribution in [-0.2, 0) is 12.8 Å². The molecule has 0 radical (unpaired) electrons. The van der Waals surface area contributed by atoms with Crippen molar-refractivity contribution in [2.75, 3.05) is 7.11 Å². The molecule has 2 fully saturated rings. The van der Waals surface area contributed by atoms with Crippen LogP contribution in [0.15, 0.2) is 24.3 Å². The second-order valence-electron chi connectivity index (χ2n) is 10.4. The van der Waals surface area contributed by atoms with Crippen molar-refractivity contribution < 1.29 is 9.53 Å². The summed E-state index contributed by atoms with van der Waals surface area (Å²) in [6.07, 6.45) is 7.89. The SMILES string of the molecule is COc1ccc(-n2nc(C(=O)NC3C4(C)CCC(C4)C3(C)C)c3c2CCCC3)cc1. The van der Waals surface area contributed by atoms with Gasteiger partial charge < -0.3 is 10.1 Å². The number of ether oxygens (including phenoxy) is 1. The third-order valence-electron chi connectivity index (χ3n) is 8.26. The lowest BCUT2D eigenvalue weighted by Gasteiger charge is -2.43. The summed E-state index contributed by atoms with van der Waals surface area (Å²) in [6, 6.07) is 8.14. The van der Waals surface area contributed by atoms with E-state index >= 15 is 0 Å². The molecule has 1 aromatic heterocycles. The minimum atomic E-state index is 0.00672. The number of rotatable bonds is 4. The van der Waals surface area contributed by atoms with Gasteiger partial charge in [-0.1, -0.05) is 20.8 Å². The second kappa shape index (κ2) is 6.86. The number of hydrogen-bond donors (Lipinski definition) is 1. The molecule has 160 valence electrons. The Hall–Kier alpha value is -2.30. The van der Waals surface area contributed by atoms with Gasteiger partial charge in [-0.25, -0.2) is 4.68 Å². The number of nitrogens with one attached hydrogen (secondary N) is 1. The first-order valence-corrected chi connectivity index (χ1v) is 11.4. The molecule has 3 aliphatic rings. The monoisotopic (exact) mass is 407 g/mol. The average molecular weight is 408 g/mol. The zero-order valence-electron chi connectivity index (χ0n) is 18.6. The number of carbonyl (C=O) groups is 1. The van der Waals surface area contributed by atoms with E-state index in [0.717, 1.165) is 42.7 Å². The van der Waals surface area contributed by atoms with E-state index in [0.29, 0.717) is 11.6 Å². The summed E-state index contributed by atoms with van der Waals surface area (Å²) in [7, 11) is 1.67. The topological polar surface area (TPSA) is 56.2 Å². The van der Waals surface area contributed by atoms with E-state index in [4.69, 9.17) is 9.84 Å². The van der Waals surface area contributed by atoms with Gasteiger partial charge in [-0.3, -0.25) is 4.79 Å². The minimum Gasteiger partial charge on any atom is -0.497 e. The number of hydrogen-bond acceptors (Lipinski definition) is 3. The van der Waals surface area contributed by atoms with E-state index in [1.807, 2.05) is 28.9 Å². The zero-order valence-corrected chi connectivity index (χ0v) is 18.6. The van der Waals surface area contributed by atoms with Gasteiger partial charge in [0.15, 0.2) is 5.69 Å². The van der Waals surface area contributed by atoms with Gasteiger partial charge in [0, 0.05) is 17.3 Å². The van der Waals surface area contributed by atoms with E-state index in [1.54, 1.807) is 7.11 Å². The van der Waals surface area contributed by atoms with Gasteiger partial charge in [0.1, 0.15) is 5.75 Å². The average Bonchev–Trinajstić information content (AvgIpc) is 3.38. The van der Waals surface area contributed by atoms with Crippen molar-refractivity contribution in [3.05, 3.63) is 41.2 Å². The lowest BCUT2D eigenvalue weighted by atomic mass is 9.68. The van der Waals surface area contributed by atoms with Crippen LogP contribution in [0.3, 0.4) is 0 Å². The third kappa shape index (κ3) is 2.89. The van der Waals surface area contributed by atoms with Crippen LogP contribution >= 0.6 is 0 Å². The molecule has 3 aliphatic carbocycles. The summed E-state index contributed by atoms with van der Waals surface area (Å²) in [5.74, 6) is 1.54. The van der Waals surface area contributed by atoms with E-state index in [2.05, 4.69) is 26.1 Å². The highest BCUT2D eigenvalue weighted by atomic mass is 16.5. The highest BCUT2D eigenvalue weighted by Gasteiger charge is 2.59. The molecule has 0 aliphatic heterocycles. The number of nitrogens with zero attached hydrogens (tertiary/aromatic N) is 2. The Bertz CT molecular complexity index is 970. The first-order valence-electron chi connectivity index (χ1n) is 11.4. The van der Waals surface area contributed by atoms with Crippen LogP contribution in [0, 0.1) is 16.7 Å². The molecule has 5 heteroatoms. The van der Waals surface area contributed by atoms with Gasteiger partial charge >= 0.3 is 0 Å². The van der Waals surface area contributed by atoms with Crippen LogP contribution in [0.1, 0.15) is 74.6 Å². The fraction of sp³-hybridized carbons (Fsp3) is 0.600. The summed E-state index contributed by atoms with van der Waals surface area (Å²) in [5.41, 5.74) is 4.29. The van der Waals surface area contributed by atoms with E-state index in [1.165, 1.54) is 25.0 Å². The van der Waals surface area contributed by atoms with Crippen molar-refractivity contribution in [3.63, 3.8) is 0 Å². The van der Waals surface area contributed by atoms with Crippen LogP contribution in [0.25, 0.3) is 5.69 Å². The Morgan fingerprint density at radius 2 is 1.90 bits per heavy atom. The molecule has 0 saturated heterocycles. The molecule has 1 aromatic carbocycles. The Balaban J connectivity index is 1.48. The van der Waals surface area contributed by atoms with Crippen molar-refractivity contribution in [1.29, 1.82) is 0 Å². The molecule has 5 rings (SSSR count). The summed E-state index contributed by atoms with van der Waals surface area (Å²) in [5, 5.41) is 8.31. The largest absolute Gasteiger partial charge is 0.497 e. The number of methoxy groups -OCH3 is 1. The molecular formula is C25H33N3O2. The minimum absolute atomic E-state index is 0.00672. The van der Waals surface area contributed by atoms with Crippen molar-refractivity contribution >= 4 is 5.91 Å². The van der Waals surface area contributed by atoms with Gasteiger partial charge in [0.05, 0.1) is 12.8 Å². The van der Waals surface area contributed by atoms with Crippen molar-refractivity contribution in [2.45, 2.75) is 71.8 Å². The van der Waals surface area contributed by atoms with Gasteiger partial charge in [-0.15, -0.1) is 0 Å². The number of carbonyl (C=O) groups excluding carboxylic acids is 1. The van der Waals surface area contributed by atoms with Crippen molar-refractivity contribution in [2.24, 2.45) is 16.7 Å². The number of aromatic nitrogens is 2. The predicted molar refractivity (Wildman–Crippen MR) is 117 cm³/mol. The molecule has 1 amide bonds. The number of fused-ring (bicyclic) bond motifs is 3. The standard InChI is InChI=1S/C25H33N3O2/c1-24(2)16-13-14-25(3,15-16)23(24)26-22(29)21-19-7-5-6-8-20(19)28(27-21)17-9-11-18(30-4)12-10-17/h9-12,16,23H,5-8,13-15H2,1-4H3,(H,26,29). The quantitative estimate of drug-likeness (QED) is 0.799. The summed E-state index contributed by atoms with van der Waals surface area (Å²) in [4.78, 5) is 13.5. The van der Waals surface area contributed by atoms with E-state index in [9.17, 15) is 4.79 Å². The van der Waals surface area contributed by atoms with Crippen LogP contribution < -0.4 is 10.1 Å². The van der Waals surface area contributed by atoms with Gasteiger partial charge in [-0.05, 0) is 86.0 Å². The summed E-state index contributed by atoms with van der Waals surface area (Å²) in [6.45, 7) is 7.02. The summed E-state index contributed by atoms with van der Waals surface area (Å²) < 4.78 is 7.28. The van der Waals surface area contributed by atoms with Gasteiger partial charge in [0.25, 0.3) is 5.91 Å². The maximum Gasteiger partial charge on any atom is 0.272 e. The maximum atomic E-state index is 13.5. The first kappa shape index (κ1) is 19.7. The molecule has 2 bridgehead atoms. The molecule has 30 heavy (non-hydrogen) atoms. The first-order chi connectivity index (χ1) is 14.3. The molecule has 2 aromatic rings. The Labute approximate surface area is 179 Å². The number of amides is 1. The molecule has 1 heterocycles. The van der Waals surface area contributed by atoms with Crippen LogP contribution in [0.2, 0.25) is 0 Å². The highest BCUT2D eigenvalue weighted by molar-refractivity contribution is 5.94. The maximum absolute atomic E-state index is 13.5. The molecule has 0 spiro atoms. The van der Waals surface area contributed by atoms with Crippen LogP contribution in [0.4, 0.5) is 0 Å². The van der Waals surface area contributed by atoms with E-state index in [-0.39, 0.29) is 22.8 Å². The van der Waals surface area contributed by atoms with E-state index < -0.39 is 0 Å². The fourth-order valence-corrected chi connectivity index (χ4v) is 6.58. The van der Waals surface area contributed by atoms with Crippen LogP contribution in [0.5, 0.6) is 5.75 Å². The second-order valence-corrected chi connectivity index (χ2v) is 10.4. The fourth-order valence-electron chi connectivity index (χ4n) is 6.58. The van der Waals surface area contributed by atoms with Crippen LogP contribution in [-0.4, -0.2) is 28.8 Å². The van der Waals surface area contributed by atoms with Gasteiger partial charge in [-0.2, -0.15) is 5.10 Å². The predicted octanol–water partition coefficient (Wildman–Crippen LogP) is 4.70. The third-order valence-corrected chi connectivity index (χ3v) is 8.26. The Kier molecular flexibility index (Phi) is 4.49. The van der Waals surface area contributed by atoms with Crippen molar-refractivity contribution in [3.8, 4) is 11.4 Å². The lowest BCUT2D eigenvalue weighted by Crippen LogP contribution is -2.52. The highest BCUT2D eigenvalue weighted by Crippen LogP contribution is 2.62. The molecular weight excluding hydrogens is 374 g/mol. The Morgan fingerprint density at radius 1 is 1.17 bits per heavy atom. The number of benzene rings is 1. The Morgan fingerprint density at radius 3 is 2.57 bits per heavy atom. The molecule has 2 saturated carbocycles. The molecule has 3 atom stereocenters. The normalized spacial score (nSPS) is 28.9. The van der Waals surface area contributed by atoms with Crippen molar-refractivity contribution in [1.82, 2.24) is 15.1 Å². The summed E-state index contributed by atoms with van der Waals surface area (Å²) >= 11 is 0. The molecule has 1 N–H and O–H groups in total. The molecule has 5 nitrogen and oxygen atoms in total. The molecule has 3 unspecified atom stereocenters.